The van der Waals surface area contributed by atoms with Crippen molar-refractivity contribution in [3.8, 4) is 5.75 Å². The predicted molar refractivity (Wildman–Crippen MR) is 119 cm³/mol. The molecule has 0 saturated carbocycles. The smallest absolute Gasteiger partial charge is 0.255 e. The van der Waals surface area contributed by atoms with Crippen molar-refractivity contribution < 1.29 is 9.90 Å². The lowest BCUT2D eigenvalue weighted by atomic mass is 9.82. The maximum Gasteiger partial charge on any atom is 0.255 e. The van der Waals surface area contributed by atoms with Crippen LogP contribution in [0.25, 0.3) is 0 Å². The van der Waals surface area contributed by atoms with Gasteiger partial charge in [0.1, 0.15) is 5.75 Å². The highest BCUT2D eigenvalue weighted by Crippen LogP contribution is 2.35. The van der Waals surface area contributed by atoms with E-state index in [1.807, 2.05) is 21.6 Å². The molecule has 31 heavy (non-hydrogen) atoms. The number of para-hydroxylation sites is 1. The molecule has 2 saturated heterocycles. The quantitative estimate of drug-likeness (QED) is 0.825. The van der Waals surface area contributed by atoms with Crippen molar-refractivity contribution in [3.05, 3.63) is 63.6 Å². The van der Waals surface area contributed by atoms with Gasteiger partial charge in [0.2, 0.25) is 5.91 Å². The molecule has 2 aromatic rings. The van der Waals surface area contributed by atoms with Crippen LogP contribution in [-0.4, -0.2) is 51.6 Å². The van der Waals surface area contributed by atoms with E-state index in [1.165, 1.54) is 19.3 Å². The second-order valence-corrected chi connectivity index (χ2v) is 9.44. The summed E-state index contributed by atoms with van der Waals surface area (Å²) in [7, 11) is 0. The van der Waals surface area contributed by atoms with Gasteiger partial charge in [-0.15, -0.1) is 0 Å². The summed E-state index contributed by atoms with van der Waals surface area (Å²) in [6.45, 7) is 4.94. The first-order chi connectivity index (χ1) is 15.1. The number of carbonyl (C=O) groups is 1. The molecule has 0 spiro atoms. The number of phenols is 1. The normalized spacial score (nSPS) is 23.4. The summed E-state index contributed by atoms with van der Waals surface area (Å²) in [5.41, 5.74) is 2.80. The fraction of sp³-hybridized carbons (Fsp3) is 0.520. The Bertz CT molecular complexity index is 1020. The third-order valence-corrected chi connectivity index (χ3v) is 7.21. The van der Waals surface area contributed by atoms with Crippen LogP contribution in [-0.2, 0) is 24.3 Å². The number of aromatic nitrogens is 1. The topological polar surface area (TPSA) is 65.8 Å². The van der Waals surface area contributed by atoms with Gasteiger partial charge in [0.25, 0.3) is 5.56 Å². The molecule has 5 rings (SSSR count). The monoisotopic (exact) mass is 421 g/mol. The van der Waals surface area contributed by atoms with Crippen molar-refractivity contribution in [1.82, 2.24) is 14.4 Å². The van der Waals surface area contributed by atoms with E-state index in [4.69, 9.17) is 0 Å². The number of likely N-dealkylation sites (tertiary alicyclic amines) is 2. The molecule has 2 bridgehead atoms. The van der Waals surface area contributed by atoms with E-state index >= 15 is 0 Å². The molecule has 2 atom stereocenters. The molecule has 0 radical (unpaired) electrons. The molecular formula is C25H31N3O3. The number of aromatic hydroxyl groups is 1. The summed E-state index contributed by atoms with van der Waals surface area (Å²) in [5, 5.41) is 10.0. The first kappa shape index (κ1) is 20.3. The summed E-state index contributed by atoms with van der Waals surface area (Å²) in [4.78, 5) is 30.5. The number of benzene rings is 1. The third-order valence-electron chi connectivity index (χ3n) is 7.21. The molecule has 3 aliphatic heterocycles. The number of nitrogens with zero attached hydrogens (tertiary/aromatic N) is 3. The standard InChI is InChI=1S/C25H31N3O3/c29-23-7-3-2-6-19(23)13-24(30)27-14-18-12-21(17-27)22-9-8-20(25(31)28(22)15-18)16-26-10-4-1-5-11-26/h2-3,6-9,18,21,29H,1,4-5,10-17H2/t18-,21+/m0/s1. The number of hydrogen-bond donors (Lipinski definition) is 1. The van der Waals surface area contributed by atoms with Crippen LogP contribution in [0.15, 0.2) is 41.2 Å². The molecule has 1 aromatic heterocycles. The van der Waals surface area contributed by atoms with Gasteiger partial charge in [-0.1, -0.05) is 30.7 Å². The summed E-state index contributed by atoms with van der Waals surface area (Å²) in [5.74, 6) is 0.736. The summed E-state index contributed by atoms with van der Waals surface area (Å²) in [6.07, 6.45) is 4.99. The average Bonchev–Trinajstić information content (AvgIpc) is 2.78. The van der Waals surface area contributed by atoms with Crippen LogP contribution < -0.4 is 5.56 Å². The number of carbonyl (C=O) groups excluding carboxylic acids is 1. The SMILES string of the molecule is O=C(Cc1ccccc1O)N1C[C@@H]2C[C@H](C1)c1ccc(CN3CCCCC3)c(=O)n1C2. The van der Waals surface area contributed by atoms with E-state index in [9.17, 15) is 14.7 Å². The van der Waals surface area contributed by atoms with E-state index in [2.05, 4.69) is 11.0 Å². The van der Waals surface area contributed by atoms with Crippen LogP contribution in [0, 0.1) is 5.92 Å². The molecule has 3 aliphatic rings. The fourth-order valence-corrected chi connectivity index (χ4v) is 5.61. The first-order valence-corrected chi connectivity index (χ1v) is 11.6. The number of pyridine rings is 1. The minimum absolute atomic E-state index is 0.0497. The molecule has 0 unspecified atom stereocenters. The molecule has 0 aliphatic carbocycles. The fourth-order valence-electron chi connectivity index (χ4n) is 5.61. The second-order valence-electron chi connectivity index (χ2n) is 9.44. The molecule has 6 heteroatoms. The number of piperidine rings is 2. The van der Waals surface area contributed by atoms with E-state index in [1.54, 1.807) is 18.2 Å². The van der Waals surface area contributed by atoms with E-state index in [-0.39, 0.29) is 29.6 Å². The predicted octanol–water partition coefficient (Wildman–Crippen LogP) is 2.73. The molecule has 6 nitrogen and oxygen atoms in total. The number of fused-ring (bicyclic) bond motifs is 4. The molecule has 4 heterocycles. The van der Waals surface area contributed by atoms with Crippen molar-refractivity contribution in [2.24, 2.45) is 5.92 Å². The molecule has 1 N–H and O–H groups in total. The largest absolute Gasteiger partial charge is 0.508 e. The van der Waals surface area contributed by atoms with Gasteiger partial charge in [0, 0.05) is 48.9 Å². The highest BCUT2D eigenvalue weighted by atomic mass is 16.3. The highest BCUT2D eigenvalue weighted by molar-refractivity contribution is 5.79. The van der Waals surface area contributed by atoms with Gasteiger partial charge >= 0.3 is 0 Å². The van der Waals surface area contributed by atoms with Gasteiger partial charge in [-0.2, -0.15) is 0 Å². The molecule has 2 fully saturated rings. The van der Waals surface area contributed by atoms with Gasteiger partial charge in [-0.25, -0.2) is 0 Å². The molecule has 164 valence electrons. The van der Waals surface area contributed by atoms with Crippen molar-refractivity contribution in [2.75, 3.05) is 26.2 Å². The highest BCUT2D eigenvalue weighted by Gasteiger charge is 2.36. The summed E-state index contributed by atoms with van der Waals surface area (Å²) >= 11 is 0. The van der Waals surface area contributed by atoms with Crippen LogP contribution in [0.2, 0.25) is 0 Å². The Morgan fingerprint density at radius 3 is 2.58 bits per heavy atom. The lowest BCUT2D eigenvalue weighted by Gasteiger charge is -2.43. The minimum Gasteiger partial charge on any atom is -0.508 e. The van der Waals surface area contributed by atoms with Crippen molar-refractivity contribution in [3.63, 3.8) is 0 Å². The second kappa shape index (κ2) is 8.50. The van der Waals surface area contributed by atoms with Crippen molar-refractivity contribution in [2.45, 2.75) is 51.1 Å². The van der Waals surface area contributed by atoms with E-state index < -0.39 is 0 Å². The summed E-state index contributed by atoms with van der Waals surface area (Å²) in [6, 6.07) is 11.2. The lowest BCUT2D eigenvalue weighted by Crippen LogP contribution is -2.50. The van der Waals surface area contributed by atoms with Gasteiger partial charge in [-0.3, -0.25) is 14.5 Å². The lowest BCUT2D eigenvalue weighted by molar-refractivity contribution is -0.133. The van der Waals surface area contributed by atoms with E-state index in [0.717, 1.165) is 37.3 Å². The summed E-state index contributed by atoms with van der Waals surface area (Å²) < 4.78 is 1.99. The third kappa shape index (κ3) is 4.13. The number of rotatable bonds is 4. The number of phenolic OH excluding ortho intramolecular Hbond substituents is 1. The van der Waals surface area contributed by atoms with Gasteiger partial charge in [0.15, 0.2) is 0 Å². The molecule has 1 aromatic carbocycles. The number of hydrogen-bond acceptors (Lipinski definition) is 4. The van der Waals surface area contributed by atoms with Crippen LogP contribution in [0.3, 0.4) is 0 Å². The molecule has 1 amide bonds. The van der Waals surface area contributed by atoms with Crippen LogP contribution >= 0.6 is 0 Å². The Balaban J connectivity index is 1.32. The zero-order chi connectivity index (χ0) is 21.4. The minimum atomic E-state index is 0.0497. The average molecular weight is 422 g/mol. The maximum absolute atomic E-state index is 13.2. The van der Waals surface area contributed by atoms with Gasteiger partial charge in [-0.05, 0) is 50.4 Å². The first-order valence-electron chi connectivity index (χ1n) is 11.6. The Kier molecular flexibility index (Phi) is 5.57. The van der Waals surface area contributed by atoms with Crippen LogP contribution in [0.4, 0.5) is 0 Å². The number of amides is 1. The van der Waals surface area contributed by atoms with Gasteiger partial charge in [0.05, 0.1) is 6.42 Å². The Labute approximate surface area is 183 Å². The van der Waals surface area contributed by atoms with Gasteiger partial charge < -0.3 is 14.6 Å². The molecular weight excluding hydrogens is 390 g/mol. The Hall–Kier alpha value is -2.60. The van der Waals surface area contributed by atoms with Crippen LogP contribution in [0.1, 0.15) is 48.4 Å². The van der Waals surface area contributed by atoms with E-state index in [0.29, 0.717) is 31.1 Å². The van der Waals surface area contributed by atoms with Crippen molar-refractivity contribution in [1.29, 1.82) is 0 Å². The Morgan fingerprint density at radius 1 is 0.968 bits per heavy atom. The maximum atomic E-state index is 13.2. The van der Waals surface area contributed by atoms with Crippen LogP contribution in [0.5, 0.6) is 5.75 Å². The Morgan fingerprint density at radius 2 is 1.77 bits per heavy atom. The zero-order valence-electron chi connectivity index (χ0n) is 18.0. The van der Waals surface area contributed by atoms with Crippen molar-refractivity contribution >= 4 is 5.91 Å². The zero-order valence-corrected chi connectivity index (χ0v) is 18.0.